The van der Waals surface area contributed by atoms with Crippen LogP contribution in [0.4, 0.5) is 0 Å². The lowest BCUT2D eigenvalue weighted by atomic mass is 9.90. The zero-order valence-corrected chi connectivity index (χ0v) is 18.3. The summed E-state index contributed by atoms with van der Waals surface area (Å²) >= 11 is 1.69. The maximum Gasteiger partial charge on any atom is 0.167 e. The zero-order valence-electron chi connectivity index (χ0n) is 17.5. The largest absolute Gasteiger partial charge is 0.497 e. The van der Waals surface area contributed by atoms with Crippen molar-refractivity contribution in [2.75, 3.05) is 26.5 Å². The number of nitrogens with zero attached hydrogens (tertiary/aromatic N) is 3. The molecule has 0 amide bonds. The second kappa shape index (κ2) is 9.49. The summed E-state index contributed by atoms with van der Waals surface area (Å²) < 4.78 is 7.36. The summed E-state index contributed by atoms with van der Waals surface area (Å²) in [7, 11) is 1.67. The van der Waals surface area contributed by atoms with Crippen LogP contribution < -0.4 is 4.74 Å². The molecule has 30 heavy (non-hydrogen) atoms. The van der Waals surface area contributed by atoms with Crippen molar-refractivity contribution in [3.63, 3.8) is 0 Å². The van der Waals surface area contributed by atoms with Crippen molar-refractivity contribution in [1.29, 1.82) is 0 Å². The molecule has 1 aromatic heterocycles. The number of Topliss-reactive ketones (excluding diaryl/α,β-unsaturated/α-hetero) is 1. The Labute approximate surface area is 182 Å². The zero-order chi connectivity index (χ0) is 20.9. The normalized spacial score (nSPS) is 17.1. The first-order chi connectivity index (χ1) is 14.7. The van der Waals surface area contributed by atoms with Gasteiger partial charge in [0.25, 0.3) is 0 Å². The van der Waals surface area contributed by atoms with Crippen molar-refractivity contribution in [3.05, 3.63) is 72.3 Å². The lowest BCUT2D eigenvalue weighted by molar-refractivity contribution is 0.0808. The third kappa shape index (κ3) is 4.60. The molecule has 0 bridgehead atoms. The molecule has 1 fully saturated rings. The first kappa shape index (κ1) is 20.7. The maximum atomic E-state index is 13.0. The summed E-state index contributed by atoms with van der Waals surface area (Å²) in [6.07, 6.45) is 7.84. The van der Waals surface area contributed by atoms with Gasteiger partial charge in [-0.3, -0.25) is 9.69 Å². The molecule has 1 atom stereocenters. The number of hydrogen-bond donors (Lipinski definition) is 0. The molecule has 156 valence electrons. The number of ether oxygens (including phenoxy) is 1. The van der Waals surface area contributed by atoms with E-state index in [1.807, 2.05) is 67.2 Å². The highest BCUT2D eigenvalue weighted by Crippen LogP contribution is 2.24. The predicted molar refractivity (Wildman–Crippen MR) is 121 cm³/mol. The molecule has 4 rings (SSSR count). The van der Waals surface area contributed by atoms with Crippen LogP contribution in [-0.4, -0.2) is 46.7 Å². The van der Waals surface area contributed by atoms with E-state index < -0.39 is 0 Å². The lowest BCUT2D eigenvalue weighted by Crippen LogP contribution is -2.38. The van der Waals surface area contributed by atoms with Gasteiger partial charge < -0.3 is 9.30 Å². The molecule has 0 saturated carbocycles. The van der Waals surface area contributed by atoms with Crippen molar-refractivity contribution in [2.45, 2.75) is 24.3 Å². The molecule has 5 nitrogen and oxygen atoms in total. The molecule has 1 saturated heterocycles. The van der Waals surface area contributed by atoms with Crippen LogP contribution in [0.1, 0.15) is 29.0 Å². The summed E-state index contributed by atoms with van der Waals surface area (Å²) in [6, 6.07) is 16.0. The van der Waals surface area contributed by atoms with E-state index in [-0.39, 0.29) is 11.7 Å². The maximum absolute atomic E-state index is 13.0. The molecule has 0 N–H and O–H groups in total. The minimum Gasteiger partial charge on any atom is -0.497 e. The fourth-order valence-corrected chi connectivity index (χ4v) is 4.44. The van der Waals surface area contributed by atoms with Gasteiger partial charge in [0.05, 0.1) is 13.7 Å². The number of thioether (sulfide) groups is 1. The molecule has 3 aromatic rings. The van der Waals surface area contributed by atoms with Crippen molar-refractivity contribution in [2.24, 2.45) is 5.92 Å². The van der Waals surface area contributed by atoms with Crippen LogP contribution in [0.5, 0.6) is 5.75 Å². The quantitative estimate of drug-likeness (QED) is 0.409. The first-order valence-corrected chi connectivity index (χ1v) is 11.5. The minimum atomic E-state index is 0.0447. The number of piperidine rings is 1. The van der Waals surface area contributed by atoms with E-state index >= 15 is 0 Å². The predicted octanol–water partition coefficient (Wildman–Crippen LogP) is 4.70. The van der Waals surface area contributed by atoms with Gasteiger partial charge in [-0.15, -0.1) is 11.8 Å². The van der Waals surface area contributed by atoms with E-state index in [4.69, 9.17) is 4.74 Å². The van der Waals surface area contributed by atoms with E-state index in [9.17, 15) is 4.79 Å². The lowest BCUT2D eigenvalue weighted by Gasteiger charge is -2.31. The Balaban J connectivity index is 1.44. The number of carbonyl (C=O) groups excluding carboxylic acids is 1. The van der Waals surface area contributed by atoms with Crippen LogP contribution in [0.25, 0.3) is 5.69 Å². The van der Waals surface area contributed by atoms with Crippen LogP contribution in [0.3, 0.4) is 0 Å². The number of carbonyl (C=O) groups is 1. The number of rotatable bonds is 7. The molecule has 0 spiro atoms. The van der Waals surface area contributed by atoms with Gasteiger partial charge in [-0.25, -0.2) is 4.98 Å². The highest BCUT2D eigenvalue weighted by molar-refractivity contribution is 7.98. The Morgan fingerprint density at radius 3 is 2.63 bits per heavy atom. The van der Waals surface area contributed by atoms with Crippen molar-refractivity contribution >= 4 is 17.5 Å². The molecule has 6 heteroatoms. The summed E-state index contributed by atoms with van der Waals surface area (Å²) in [5.41, 5.74) is 1.88. The number of aromatic nitrogens is 2. The van der Waals surface area contributed by atoms with Crippen molar-refractivity contribution in [1.82, 2.24) is 14.5 Å². The third-order valence-corrected chi connectivity index (χ3v) is 6.43. The van der Waals surface area contributed by atoms with Gasteiger partial charge in [-0.1, -0.05) is 12.1 Å². The fraction of sp³-hybridized carbons (Fsp3) is 0.333. The second-order valence-corrected chi connectivity index (χ2v) is 8.46. The molecular formula is C24H27N3O2S. The van der Waals surface area contributed by atoms with Gasteiger partial charge in [-0.05, 0) is 62.0 Å². The van der Waals surface area contributed by atoms with E-state index in [0.29, 0.717) is 0 Å². The third-order valence-electron chi connectivity index (χ3n) is 5.68. The summed E-state index contributed by atoms with van der Waals surface area (Å²) in [6.45, 7) is 2.50. The van der Waals surface area contributed by atoms with Crippen LogP contribution >= 0.6 is 11.8 Å². The monoisotopic (exact) mass is 421 g/mol. The van der Waals surface area contributed by atoms with E-state index in [0.717, 1.165) is 55.3 Å². The van der Waals surface area contributed by atoms with Crippen LogP contribution in [0.2, 0.25) is 0 Å². The van der Waals surface area contributed by atoms with Crippen molar-refractivity contribution in [3.8, 4) is 11.4 Å². The highest BCUT2D eigenvalue weighted by Gasteiger charge is 2.27. The molecule has 0 unspecified atom stereocenters. The van der Waals surface area contributed by atoms with Gasteiger partial charge in [-0.2, -0.15) is 0 Å². The van der Waals surface area contributed by atoms with Gasteiger partial charge >= 0.3 is 0 Å². The van der Waals surface area contributed by atoms with Gasteiger partial charge in [0.2, 0.25) is 0 Å². The Kier molecular flexibility index (Phi) is 6.55. The Morgan fingerprint density at radius 2 is 1.93 bits per heavy atom. The fourth-order valence-electron chi connectivity index (χ4n) is 4.03. The van der Waals surface area contributed by atoms with Crippen LogP contribution in [0, 0.1) is 5.92 Å². The first-order valence-electron chi connectivity index (χ1n) is 10.2. The Bertz CT molecular complexity index is 982. The van der Waals surface area contributed by atoms with E-state index in [1.165, 1.54) is 4.90 Å². The summed E-state index contributed by atoms with van der Waals surface area (Å²) in [4.78, 5) is 21.1. The molecule has 0 aliphatic carbocycles. The Hall–Kier alpha value is -2.57. The number of likely N-dealkylation sites (tertiary alicyclic amines) is 1. The van der Waals surface area contributed by atoms with Crippen LogP contribution in [-0.2, 0) is 6.54 Å². The standard InChI is InChI=1S/C24H27N3O2S/c1-29-21-9-7-20(8-10-21)27-15-13-25-23(27)17-26-14-3-4-19(16-26)24(28)18-5-11-22(30-2)12-6-18/h5-13,15,19H,3-4,14,16-17H2,1-2H3/t19-/m0/s1. The number of methoxy groups -OCH3 is 1. The number of benzene rings is 2. The smallest absolute Gasteiger partial charge is 0.167 e. The molecule has 2 aromatic carbocycles. The van der Waals surface area contributed by atoms with Gasteiger partial charge in [0, 0.05) is 41.0 Å². The molecule has 1 aliphatic heterocycles. The number of hydrogen-bond acceptors (Lipinski definition) is 5. The van der Waals surface area contributed by atoms with E-state index in [2.05, 4.69) is 14.5 Å². The minimum absolute atomic E-state index is 0.0447. The number of ketones is 1. The Morgan fingerprint density at radius 1 is 1.17 bits per heavy atom. The average Bonchev–Trinajstić information content (AvgIpc) is 3.27. The molecular weight excluding hydrogens is 394 g/mol. The SMILES string of the molecule is COc1ccc(-n2ccnc2CN2CCC[C@H](C(=O)c3ccc(SC)cc3)C2)cc1. The summed E-state index contributed by atoms with van der Waals surface area (Å²) in [5, 5.41) is 0. The summed E-state index contributed by atoms with van der Waals surface area (Å²) in [5.74, 6) is 2.12. The highest BCUT2D eigenvalue weighted by atomic mass is 32.2. The van der Waals surface area contributed by atoms with Crippen molar-refractivity contribution < 1.29 is 9.53 Å². The number of imidazole rings is 1. The second-order valence-electron chi connectivity index (χ2n) is 7.58. The van der Waals surface area contributed by atoms with Gasteiger partial charge in [0.15, 0.2) is 5.78 Å². The molecule has 2 heterocycles. The molecule has 1 aliphatic rings. The average molecular weight is 422 g/mol. The molecule has 0 radical (unpaired) electrons. The topological polar surface area (TPSA) is 47.4 Å². The van der Waals surface area contributed by atoms with Crippen LogP contribution in [0.15, 0.2) is 65.8 Å². The van der Waals surface area contributed by atoms with Gasteiger partial charge in [0.1, 0.15) is 11.6 Å². The van der Waals surface area contributed by atoms with E-state index in [1.54, 1.807) is 18.9 Å².